The van der Waals surface area contributed by atoms with Crippen LogP contribution in [0.5, 0.6) is 5.75 Å². The minimum atomic E-state index is -0.576. The Morgan fingerprint density at radius 2 is 1.89 bits per heavy atom. The van der Waals surface area contributed by atoms with Gasteiger partial charge in [-0.15, -0.1) is 0 Å². The summed E-state index contributed by atoms with van der Waals surface area (Å²) in [5.41, 5.74) is 8.11. The van der Waals surface area contributed by atoms with Crippen molar-refractivity contribution in [1.82, 2.24) is 15.3 Å². The normalized spacial score (nSPS) is 15.4. The molecular formula is C25H26Cl3FN6O. The monoisotopic (exact) mass is 550 g/mol. The highest BCUT2D eigenvalue weighted by Gasteiger charge is 2.39. The molecule has 190 valence electrons. The Hall–Kier alpha value is -2.65. The second-order valence-corrected chi connectivity index (χ2v) is 10.3. The maximum atomic E-state index is 14.9. The second kappa shape index (κ2) is 10.0. The molecule has 11 heteroatoms. The molecule has 0 aliphatic carbocycles. The molecule has 7 nitrogen and oxygen atoms in total. The van der Waals surface area contributed by atoms with Gasteiger partial charge in [-0.05, 0) is 46.0 Å². The van der Waals surface area contributed by atoms with E-state index in [1.165, 1.54) is 24.5 Å². The summed E-state index contributed by atoms with van der Waals surface area (Å²) in [7, 11) is 1.88. The van der Waals surface area contributed by atoms with E-state index in [-0.39, 0.29) is 39.1 Å². The van der Waals surface area contributed by atoms with Crippen molar-refractivity contribution < 1.29 is 9.13 Å². The number of aromatic nitrogens is 2. The van der Waals surface area contributed by atoms with Crippen molar-refractivity contribution in [3.63, 3.8) is 0 Å². The summed E-state index contributed by atoms with van der Waals surface area (Å²) in [6.45, 7) is 6.88. The van der Waals surface area contributed by atoms with Crippen LogP contribution in [0, 0.1) is 18.2 Å². The molecule has 2 aromatic heterocycles. The number of halogens is 4. The van der Waals surface area contributed by atoms with Crippen LogP contribution in [-0.4, -0.2) is 41.4 Å². The van der Waals surface area contributed by atoms with E-state index < -0.39 is 11.9 Å². The lowest BCUT2D eigenvalue weighted by molar-refractivity contribution is 0.227. The summed E-state index contributed by atoms with van der Waals surface area (Å²) >= 11 is 19.1. The lowest BCUT2D eigenvalue weighted by Gasteiger charge is -2.48. The zero-order valence-electron chi connectivity index (χ0n) is 20.2. The number of likely N-dealkylation sites (N-methyl/N-ethyl adjacent to an activating group) is 1. The molecule has 4 rings (SSSR count). The van der Waals surface area contributed by atoms with Gasteiger partial charge in [0.15, 0.2) is 11.6 Å². The van der Waals surface area contributed by atoms with Crippen molar-refractivity contribution in [2.45, 2.75) is 32.4 Å². The Bertz CT molecular complexity index is 1350. The van der Waals surface area contributed by atoms with Gasteiger partial charge in [0.25, 0.3) is 0 Å². The van der Waals surface area contributed by atoms with Crippen LogP contribution in [-0.2, 0) is 0 Å². The number of pyridine rings is 2. The number of nitrogens with zero attached hydrogens (tertiary/aromatic N) is 3. The van der Waals surface area contributed by atoms with E-state index in [9.17, 15) is 4.39 Å². The lowest BCUT2D eigenvalue weighted by Crippen LogP contribution is -2.67. The van der Waals surface area contributed by atoms with Crippen molar-refractivity contribution in [2.75, 3.05) is 30.8 Å². The summed E-state index contributed by atoms with van der Waals surface area (Å²) in [4.78, 5) is 10.3. The Kier molecular flexibility index (Phi) is 7.35. The molecule has 0 spiro atoms. The van der Waals surface area contributed by atoms with Gasteiger partial charge in [0.2, 0.25) is 0 Å². The van der Waals surface area contributed by atoms with Gasteiger partial charge in [0.05, 0.1) is 32.0 Å². The largest absolute Gasteiger partial charge is 0.484 e. The highest BCUT2D eigenvalue weighted by atomic mass is 35.5. The van der Waals surface area contributed by atoms with E-state index in [2.05, 4.69) is 22.2 Å². The quantitative estimate of drug-likeness (QED) is 0.253. The highest BCUT2D eigenvalue weighted by molar-refractivity contribution is 6.36. The van der Waals surface area contributed by atoms with Crippen LogP contribution in [0.15, 0.2) is 30.6 Å². The summed E-state index contributed by atoms with van der Waals surface area (Å²) in [5, 5.41) is 12.9. The number of nitrogens with two attached hydrogens (primary N) is 1. The highest BCUT2D eigenvalue weighted by Crippen LogP contribution is 2.38. The zero-order chi connectivity index (χ0) is 26.4. The fourth-order valence-electron chi connectivity index (χ4n) is 4.14. The van der Waals surface area contributed by atoms with Crippen molar-refractivity contribution in [2.24, 2.45) is 0 Å². The Morgan fingerprint density at radius 1 is 1.19 bits per heavy atom. The number of hydrogen-bond donors (Lipinski definition) is 3. The predicted octanol–water partition coefficient (Wildman–Crippen LogP) is 5.82. The van der Waals surface area contributed by atoms with Crippen LogP contribution in [0.4, 0.5) is 15.9 Å². The second-order valence-electron chi connectivity index (χ2n) is 9.12. The first kappa shape index (κ1) is 26.4. The van der Waals surface area contributed by atoms with Gasteiger partial charge in [-0.1, -0.05) is 34.8 Å². The number of nitrogens with one attached hydrogen (secondary N) is 2. The van der Waals surface area contributed by atoms with Crippen LogP contribution >= 0.6 is 34.8 Å². The standard InChI is InChI=1S/C25H26Cl3FN6O/c1-12-22(28)21(17(27)9-33-12)13(2)36-20-6-15(19(30)7-16(20)26)23(31)14-5-18(29)24(34-8-14)35-10-25(3,11-35)32-4/h5-9,13,31-32H,10-11,30H2,1-4H3/t13-/m1/s1. The van der Waals surface area contributed by atoms with E-state index in [1.807, 2.05) is 11.9 Å². The average molecular weight is 552 g/mol. The molecule has 0 radical (unpaired) electrons. The minimum Gasteiger partial charge on any atom is -0.484 e. The third kappa shape index (κ3) is 4.95. The van der Waals surface area contributed by atoms with E-state index in [0.29, 0.717) is 40.0 Å². The van der Waals surface area contributed by atoms with Crippen molar-refractivity contribution in [1.29, 1.82) is 5.41 Å². The van der Waals surface area contributed by atoms with Gasteiger partial charge in [-0.2, -0.15) is 0 Å². The number of hydrogen-bond acceptors (Lipinski definition) is 7. The summed E-state index contributed by atoms with van der Waals surface area (Å²) in [6.07, 6.45) is 2.40. The Labute approximate surface area is 224 Å². The number of rotatable bonds is 7. The van der Waals surface area contributed by atoms with Gasteiger partial charge in [0, 0.05) is 47.9 Å². The number of ether oxygens (including phenoxy) is 1. The molecule has 0 amide bonds. The SMILES string of the molecule is CNC1(C)CN(c2ncc(C(=N)c3cc(O[C@H](C)c4c(Cl)cnc(C)c4Cl)c(Cl)cc3N)cc2F)C1. The lowest BCUT2D eigenvalue weighted by atomic mass is 9.92. The topological polar surface area (TPSA) is 100 Å². The maximum absolute atomic E-state index is 14.9. The molecule has 1 aromatic carbocycles. The number of anilines is 2. The number of benzene rings is 1. The summed E-state index contributed by atoms with van der Waals surface area (Å²) in [6, 6.07) is 4.33. The first-order valence-corrected chi connectivity index (χ1v) is 12.3. The van der Waals surface area contributed by atoms with E-state index in [0.717, 1.165) is 0 Å². The van der Waals surface area contributed by atoms with Crippen molar-refractivity contribution in [3.8, 4) is 5.75 Å². The van der Waals surface area contributed by atoms with Gasteiger partial charge in [-0.25, -0.2) is 9.37 Å². The molecule has 1 saturated heterocycles. The molecule has 0 saturated carbocycles. The number of nitrogen functional groups attached to an aromatic ring is 1. The molecule has 1 atom stereocenters. The van der Waals surface area contributed by atoms with Crippen LogP contribution in [0.1, 0.15) is 42.3 Å². The third-order valence-electron chi connectivity index (χ3n) is 6.36. The zero-order valence-corrected chi connectivity index (χ0v) is 22.5. The Balaban J connectivity index is 1.60. The third-order valence-corrected chi connectivity index (χ3v) is 7.43. The van der Waals surface area contributed by atoms with Crippen LogP contribution < -0.4 is 20.7 Å². The van der Waals surface area contributed by atoms with Crippen molar-refractivity contribution >= 4 is 52.0 Å². The first-order valence-electron chi connectivity index (χ1n) is 11.2. The number of aryl methyl sites for hydroxylation is 1. The fraction of sp³-hybridized carbons (Fsp3) is 0.320. The van der Waals surface area contributed by atoms with E-state index in [4.69, 9.17) is 50.7 Å². The molecule has 1 fully saturated rings. The molecule has 3 heterocycles. The van der Waals surface area contributed by atoms with Crippen LogP contribution in [0.3, 0.4) is 0 Å². The summed E-state index contributed by atoms with van der Waals surface area (Å²) in [5.74, 6) is 0.0182. The first-order chi connectivity index (χ1) is 16.9. The molecule has 0 unspecified atom stereocenters. The predicted molar refractivity (Wildman–Crippen MR) is 144 cm³/mol. The molecule has 3 aromatic rings. The van der Waals surface area contributed by atoms with Gasteiger partial charge >= 0.3 is 0 Å². The maximum Gasteiger partial charge on any atom is 0.166 e. The van der Waals surface area contributed by atoms with Crippen LogP contribution in [0.25, 0.3) is 0 Å². The van der Waals surface area contributed by atoms with Crippen LogP contribution in [0.2, 0.25) is 15.1 Å². The molecule has 0 bridgehead atoms. The van der Waals surface area contributed by atoms with Crippen molar-refractivity contribution in [3.05, 3.63) is 73.9 Å². The smallest absolute Gasteiger partial charge is 0.166 e. The molecular weight excluding hydrogens is 526 g/mol. The van der Waals surface area contributed by atoms with E-state index in [1.54, 1.807) is 19.9 Å². The van der Waals surface area contributed by atoms with Gasteiger partial charge in [0.1, 0.15) is 11.9 Å². The van der Waals surface area contributed by atoms with E-state index >= 15 is 0 Å². The molecule has 4 N–H and O–H groups in total. The molecule has 1 aliphatic rings. The minimum absolute atomic E-state index is 0.0147. The van der Waals surface area contributed by atoms with Gasteiger partial charge < -0.3 is 20.7 Å². The average Bonchev–Trinajstić information content (AvgIpc) is 2.81. The molecule has 36 heavy (non-hydrogen) atoms. The molecule has 1 aliphatic heterocycles. The van der Waals surface area contributed by atoms with Gasteiger partial charge in [-0.3, -0.25) is 10.4 Å². The fourth-order valence-corrected chi connectivity index (χ4v) is 5.00. The Morgan fingerprint density at radius 3 is 2.53 bits per heavy atom. The summed E-state index contributed by atoms with van der Waals surface area (Å²) < 4.78 is 21.0.